The van der Waals surface area contributed by atoms with Crippen LogP contribution in [0.4, 0.5) is 13.2 Å². The minimum Gasteiger partial charge on any atom is -0.508 e. The van der Waals surface area contributed by atoms with Crippen LogP contribution in [0.15, 0.2) is 24.3 Å². The SMILES string of the molecule is CN(C[C@H]1CCNC1)C[C@H](O)c1cccc(O)c1.O=C(O)C(F)(F)F. The molecule has 0 saturated carbocycles. The maximum atomic E-state index is 10.6. The lowest BCUT2D eigenvalue weighted by Gasteiger charge is -2.23. The molecule has 0 amide bonds. The molecule has 1 heterocycles. The highest BCUT2D eigenvalue weighted by atomic mass is 19.4. The lowest BCUT2D eigenvalue weighted by atomic mass is 10.1. The number of phenols is 1. The Bertz CT molecular complexity index is 548. The van der Waals surface area contributed by atoms with E-state index in [-0.39, 0.29) is 5.75 Å². The van der Waals surface area contributed by atoms with E-state index in [9.17, 15) is 23.4 Å². The first kappa shape index (κ1) is 21.2. The van der Waals surface area contributed by atoms with Crippen LogP contribution in [0, 0.1) is 5.92 Å². The van der Waals surface area contributed by atoms with E-state index in [4.69, 9.17) is 9.90 Å². The van der Waals surface area contributed by atoms with Crippen LogP contribution >= 0.6 is 0 Å². The number of benzene rings is 1. The van der Waals surface area contributed by atoms with E-state index in [1.54, 1.807) is 18.2 Å². The Kier molecular flexibility index (Phi) is 8.14. The Hall–Kier alpha value is -1.84. The van der Waals surface area contributed by atoms with Crippen LogP contribution in [-0.4, -0.2) is 65.6 Å². The van der Waals surface area contributed by atoms with Gasteiger partial charge in [-0.05, 0) is 50.2 Å². The van der Waals surface area contributed by atoms with Gasteiger partial charge in [0.2, 0.25) is 0 Å². The molecule has 25 heavy (non-hydrogen) atoms. The summed E-state index contributed by atoms with van der Waals surface area (Å²) in [6.45, 7) is 3.78. The zero-order chi connectivity index (χ0) is 19.0. The molecule has 6 nitrogen and oxygen atoms in total. The first-order chi connectivity index (χ1) is 11.6. The summed E-state index contributed by atoms with van der Waals surface area (Å²) in [5.74, 6) is -1.87. The number of nitrogens with zero attached hydrogens (tertiary/aromatic N) is 1. The maximum absolute atomic E-state index is 10.6. The third-order valence-corrected chi connectivity index (χ3v) is 3.71. The first-order valence-corrected chi connectivity index (χ1v) is 7.76. The summed E-state index contributed by atoms with van der Waals surface area (Å²) < 4.78 is 31.7. The molecule has 4 N–H and O–H groups in total. The van der Waals surface area contributed by atoms with E-state index in [1.807, 2.05) is 13.1 Å². The monoisotopic (exact) mass is 364 g/mol. The Labute approximate surface area is 143 Å². The number of carboxylic acids is 1. The molecular formula is C16H23F3N2O4. The van der Waals surface area contributed by atoms with Gasteiger partial charge in [-0.15, -0.1) is 0 Å². The van der Waals surface area contributed by atoms with Crippen LogP contribution in [0.5, 0.6) is 5.75 Å². The molecular weight excluding hydrogens is 341 g/mol. The molecule has 1 aliphatic rings. The Balaban J connectivity index is 0.000000381. The molecule has 2 atom stereocenters. The molecule has 0 aliphatic carbocycles. The number of carboxylic acid groups (broad SMARTS) is 1. The molecule has 1 aromatic rings. The average molecular weight is 364 g/mol. The smallest absolute Gasteiger partial charge is 0.490 e. The van der Waals surface area contributed by atoms with Crippen molar-refractivity contribution in [3.05, 3.63) is 29.8 Å². The van der Waals surface area contributed by atoms with Gasteiger partial charge < -0.3 is 25.5 Å². The lowest BCUT2D eigenvalue weighted by Crippen LogP contribution is -2.30. The fourth-order valence-corrected chi connectivity index (χ4v) is 2.52. The molecule has 142 valence electrons. The van der Waals surface area contributed by atoms with Gasteiger partial charge >= 0.3 is 12.1 Å². The largest absolute Gasteiger partial charge is 0.508 e. The summed E-state index contributed by atoms with van der Waals surface area (Å²) >= 11 is 0. The summed E-state index contributed by atoms with van der Waals surface area (Å²) in [4.78, 5) is 11.1. The van der Waals surface area contributed by atoms with E-state index < -0.39 is 18.2 Å². The number of aliphatic carboxylic acids is 1. The second kappa shape index (κ2) is 9.59. The summed E-state index contributed by atoms with van der Waals surface area (Å²) in [5.41, 5.74) is 0.770. The van der Waals surface area contributed by atoms with Gasteiger partial charge in [0, 0.05) is 13.1 Å². The average Bonchev–Trinajstić information content (AvgIpc) is 2.99. The van der Waals surface area contributed by atoms with Crippen molar-refractivity contribution in [1.29, 1.82) is 0 Å². The number of carbonyl (C=O) groups is 1. The summed E-state index contributed by atoms with van der Waals surface area (Å²) in [7, 11) is 2.03. The number of phenolic OH excluding ortho intramolecular Hbond substituents is 1. The quantitative estimate of drug-likeness (QED) is 0.634. The van der Waals surface area contributed by atoms with Crippen molar-refractivity contribution in [2.45, 2.75) is 18.7 Å². The molecule has 1 fully saturated rings. The molecule has 0 unspecified atom stereocenters. The van der Waals surface area contributed by atoms with E-state index in [1.165, 1.54) is 6.42 Å². The highest BCUT2D eigenvalue weighted by Gasteiger charge is 2.38. The molecule has 0 aromatic heterocycles. The van der Waals surface area contributed by atoms with E-state index in [2.05, 4.69) is 10.2 Å². The second-order valence-corrected chi connectivity index (χ2v) is 5.99. The number of hydrogen-bond donors (Lipinski definition) is 4. The maximum Gasteiger partial charge on any atom is 0.490 e. The van der Waals surface area contributed by atoms with Crippen LogP contribution in [0.25, 0.3) is 0 Å². The van der Waals surface area contributed by atoms with E-state index in [0.717, 1.165) is 25.2 Å². The van der Waals surface area contributed by atoms with Crippen molar-refractivity contribution >= 4 is 5.97 Å². The molecule has 9 heteroatoms. The van der Waals surface area contributed by atoms with Crippen LogP contribution in [0.1, 0.15) is 18.1 Å². The highest BCUT2D eigenvalue weighted by molar-refractivity contribution is 5.73. The van der Waals surface area contributed by atoms with Gasteiger partial charge in [0.1, 0.15) is 5.75 Å². The highest BCUT2D eigenvalue weighted by Crippen LogP contribution is 2.19. The second-order valence-electron chi connectivity index (χ2n) is 5.99. The van der Waals surface area contributed by atoms with Gasteiger partial charge in [0.05, 0.1) is 6.10 Å². The van der Waals surface area contributed by atoms with Crippen LogP contribution in [0.2, 0.25) is 0 Å². The number of aliphatic hydroxyl groups is 1. The standard InChI is InChI=1S/C14H22N2O2.C2HF3O2/c1-16(9-11-5-6-15-8-11)10-14(18)12-3-2-4-13(17)7-12;3-2(4,5)1(6)7/h2-4,7,11,14-15,17-18H,5-6,8-10H2,1H3;(H,6,7)/t11-,14-;/m0./s1. The van der Waals surface area contributed by atoms with Crippen LogP contribution in [-0.2, 0) is 4.79 Å². The molecule has 1 aliphatic heterocycles. The normalized spacial score (nSPS) is 18.6. The number of rotatable bonds is 5. The summed E-state index contributed by atoms with van der Waals surface area (Å²) in [6.07, 6.45) is -4.41. The van der Waals surface area contributed by atoms with Crippen molar-refractivity contribution < 1.29 is 33.3 Å². The molecule has 0 radical (unpaired) electrons. The predicted octanol–water partition coefficient (Wildman–Crippen LogP) is 1.60. The number of hydrogen-bond acceptors (Lipinski definition) is 5. The number of aromatic hydroxyl groups is 1. The topological polar surface area (TPSA) is 93.0 Å². The number of nitrogens with one attached hydrogen (secondary N) is 1. The zero-order valence-corrected chi connectivity index (χ0v) is 13.8. The van der Waals surface area contributed by atoms with Crippen LogP contribution in [0.3, 0.4) is 0 Å². The molecule has 0 bridgehead atoms. The first-order valence-electron chi connectivity index (χ1n) is 7.76. The van der Waals surface area contributed by atoms with Crippen molar-refractivity contribution in [2.75, 3.05) is 33.2 Å². The molecule has 1 saturated heterocycles. The van der Waals surface area contributed by atoms with Gasteiger partial charge in [-0.1, -0.05) is 12.1 Å². The lowest BCUT2D eigenvalue weighted by molar-refractivity contribution is -0.192. The Morgan fingerprint density at radius 3 is 2.56 bits per heavy atom. The summed E-state index contributed by atoms with van der Waals surface area (Å²) in [6, 6.07) is 6.84. The minimum absolute atomic E-state index is 0.203. The van der Waals surface area contributed by atoms with Crippen molar-refractivity contribution in [3.63, 3.8) is 0 Å². The van der Waals surface area contributed by atoms with E-state index >= 15 is 0 Å². The number of likely N-dealkylation sites (N-methyl/N-ethyl adjacent to an activating group) is 1. The van der Waals surface area contributed by atoms with Crippen LogP contribution < -0.4 is 5.32 Å². The van der Waals surface area contributed by atoms with Gasteiger partial charge in [-0.25, -0.2) is 4.79 Å². The zero-order valence-electron chi connectivity index (χ0n) is 13.8. The van der Waals surface area contributed by atoms with Crippen molar-refractivity contribution in [1.82, 2.24) is 10.2 Å². The fraction of sp³-hybridized carbons (Fsp3) is 0.562. The third-order valence-electron chi connectivity index (χ3n) is 3.71. The van der Waals surface area contributed by atoms with Gasteiger partial charge in [-0.2, -0.15) is 13.2 Å². The molecule has 0 spiro atoms. The van der Waals surface area contributed by atoms with Gasteiger partial charge in [-0.3, -0.25) is 0 Å². The number of aliphatic hydroxyl groups excluding tert-OH is 1. The fourth-order valence-electron chi connectivity index (χ4n) is 2.52. The minimum atomic E-state index is -5.08. The van der Waals surface area contributed by atoms with Crippen molar-refractivity contribution in [2.24, 2.45) is 5.92 Å². The predicted molar refractivity (Wildman–Crippen MR) is 85.2 cm³/mol. The van der Waals surface area contributed by atoms with E-state index in [0.29, 0.717) is 12.5 Å². The Morgan fingerprint density at radius 2 is 2.08 bits per heavy atom. The Morgan fingerprint density at radius 1 is 1.44 bits per heavy atom. The third kappa shape index (κ3) is 8.19. The molecule has 2 rings (SSSR count). The number of halogens is 3. The summed E-state index contributed by atoms with van der Waals surface area (Å²) in [5, 5.41) is 30.0. The van der Waals surface area contributed by atoms with Crippen molar-refractivity contribution in [3.8, 4) is 5.75 Å². The van der Waals surface area contributed by atoms with Gasteiger partial charge in [0.15, 0.2) is 0 Å². The molecule has 1 aromatic carbocycles. The van der Waals surface area contributed by atoms with Gasteiger partial charge in [0.25, 0.3) is 0 Å². The number of alkyl halides is 3.